The quantitative estimate of drug-likeness (QED) is 0.759. The SMILES string of the molecule is COCCNS(=O)(=O)Nc1ccc(Br)cn1. The second-order valence-electron chi connectivity index (χ2n) is 2.85. The van der Waals surface area contributed by atoms with Crippen LogP contribution >= 0.6 is 15.9 Å². The average Bonchev–Trinajstić information content (AvgIpc) is 2.21. The largest absolute Gasteiger partial charge is 0.383 e. The molecule has 8 heteroatoms. The van der Waals surface area contributed by atoms with Crippen LogP contribution in [0.2, 0.25) is 0 Å². The van der Waals surface area contributed by atoms with E-state index in [1.165, 1.54) is 13.3 Å². The van der Waals surface area contributed by atoms with Gasteiger partial charge in [0.15, 0.2) is 0 Å². The molecule has 1 rings (SSSR count). The maximum Gasteiger partial charge on any atom is 0.300 e. The maximum atomic E-state index is 11.4. The van der Waals surface area contributed by atoms with Gasteiger partial charge in [0.25, 0.3) is 10.2 Å². The number of hydrogen-bond acceptors (Lipinski definition) is 4. The third-order valence-electron chi connectivity index (χ3n) is 1.56. The Balaban J connectivity index is 2.55. The van der Waals surface area contributed by atoms with Gasteiger partial charge in [0.1, 0.15) is 5.82 Å². The van der Waals surface area contributed by atoms with Crippen LogP contribution in [0.15, 0.2) is 22.8 Å². The molecule has 0 unspecified atom stereocenters. The first kappa shape index (κ1) is 13.4. The molecule has 0 aliphatic heterocycles. The van der Waals surface area contributed by atoms with Crippen LogP contribution < -0.4 is 9.44 Å². The number of nitrogens with zero attached hydrogens (tertiary/aromatic N) is 1. The monoisotopic (exact) mass is 309 g/mol. The fraction of sp³-hybridized carbons (Fsp3) is 0.375. The molecule has 0 spiro atoms. The molecule has 6 nitrogen and oxygen atoms in total. The zero-order chi connectivity index (χ0) is 12.0. The maximum absolute atomic E-state index is 11.4. The van der Waals surface area contributed by atoms with Crippen LogP contribution in [-0.2, 0) is 14.9 Å². The number of methoxy groups -OCH3 is 1. The number of rotatable bonds is 6. The van der Waals surface area contributed by atoms with Crippen molar-refractivity contribution < 1.29 is 13.2 Å². The lowest BCUT2D eigenvalue weighted by Gasteiger charge is -2.07. The fourth-order valence-corrected chi connectivity index (χ4v) is 1.94. The van der Waals surface area contributed by atoms with E-state index in [0.29, 0.717) is 6.61 Å². The van der Waals surface area contributed by atoms with Gasteiger partial charge in [0.2, 0.25) is 0 Å². The van der Waals surface area contributed by atoms with E-state index in [9.17, 15) is 8.42 Å². The summed E-state index contributed by atoms with van der Waals surface area (Å²) in [5.41, 5.74) is 0. The van der Waals surface area contributed by atoms with Crippen molar-refractivity contribution in [1.29, 1.82) is 0 Å². The lowest BCUT2D eigenvalue weighted by molar-refractivity contribution is 0.204. The summed E-state index contributed by atoms with van der Waals surface area (Å²) in [7, 11) is -2.08. The third kappa shape index (κ3) is 4.88. The number of nitrogens with one attached hydrogen (secondary N) is 2. The van der Waals surface area contributed by atoms with Crippen LogP contribution in [0.1, 0.15) is 0 Å². The van der Waals surface area contributed by atoms with E-state index in [2.05, 4.69) is 30.4 Å². The van der Waals surface area contributed by atoms with Crippen molar-refractivity contribution in [3.63, 3.8) is 0 Å². The van der Waals surface area contributed by atoms with Crippen molar-refractivity contribution >= 4 is 32.0 Å². The van der Waals surface area contributed by atoms with E-state index in [4.69, 9.17) is 4.74 Å². The first-order valence-corrected chi connectivity index (χ1v) is 6.69. The minimum absolute atomic E-state index is 0.211. The standard InChI is InChI=1S/C8H12BrN3O3S/c1-15-5-4-11-16(13,14)12-8-3-2-7(9)6-10-8/h2-3,6,11H,4-5H2,1H3,(H,10,12). The highest BCUT2D eigenvalue weighted by molar-refractivity contribution is 9.10. The minimum atomic E-state index is -3.58. The number of hydrogen-bond donors (Lipinski definition) is 2. The zero-order valence-corrected chi connectivity index (χ0v) is 11.0. The van der Waals surface area contributed by atoms with Crippen molar-refractivity contribution in [3.8, 4) is 0 Å². The summed E-state index contributed by atoms with van der Waals surface area (Å²) in [6, 6.07) is 3.25. The Bertz CT molecular complexity index is 421. The Kier molecular flexibility index (Phi) is 5.13. The van der Waals surface area contributed by atoms with Gasteiger partial charge in [-0.25, -0.2) is 4.98 Å². The van der Waals surface area contributed by atoms with Crippen molar-refractivity contribution in [1.82, 2.24) is 9.71 Å². The van der Waals surface area contributed by atoms with Crippen molar-refractivity contribution in [2.45, 2.75) is 0 Å². The van der Waals surface area contributed by atoms with Crippen LogP contribution in [0, 0.1) is 0 Å². The smallest absolute Gasteiger partial charge is 0.300 e. The van der Waals surface area contributed by atoms with E-state index < -0.39 is 10.2 Å². The van der Waals surface area contributed by atoms with Crippen LogP contribution in [0.4, 0.5) is 5.82 Å². The van der Waals surface area contributed by atoms with E-state index in [1.807, 2.05) is 0 Å². The highest BCUT2D eigenvalue weighted by Crippen LogP contribution is 2.10. The summed E-state index contributed by atoms with van der Waals surface area (Å²) < 4.78 is 33.0. The highest BCUT2D eigenvalue weighted by Gasteiger charge is 2.09. The Labute approximate surface area is 103 Å². The van der Waals surface area contributed by atoms with Gasteiger partial charge in [-0.2, -0.15) is 13.1 Å². The normalized spacial score (nSPS) is 11.4. The Hall–Kier alpha value is -0.700. The number of halogens is 1. The second-order valence-corrected chi connectivity index (χ2v) is 5.27. The van der Waals surface area contributed by atoms with E-state index in [0.717, 1.165) is 4.47 Å². The summed E-state index contributed by atoms with van der Waals surface area (Å²) in [5, 5.41) is 0. The summed E-state index contributed by atoms with van der Waals surface area (Å²) in [5.74, 6) is 0.258. The molecule has 0 amide bonds. The summed E-state index contributed by atoms with van der Waals surface area (Å²) >= 11 is 3.20. The molecule has 90 valence electrons. The number of anilines is 1. The van der Waals surface area contributed by atoms with Crippen molar-refractivity contribution in [2.24, 2.45) is 0 Å². The van der Waals surface area contributed by atoms with Gasteiger partial charge in [-0.1, -0.05) is 0 Å². The molecule has 1 aromatic heterocycles. The molecule has 0 bridgehead atoms. The van der Waals surface area contributed by atoms with Gasteiger partial charge in [-0.15, -0.1) is 0 Å². The van der Waals surface area contributed by atoms with Crippen LogP contribution in [0.3, 0.4) is 0 Å². The molecule has 1 heterocycles. The number of ether oxygens (including phenoxy) is 1. The molecule has 0 saturated heterocycles. The van der Waals surface area contributed by atoms with Crippen molar-refractivity contribution in [2.75, 3.05) is 25.0 Å². The molecule has 0 aromatic carbocycles. The van der Waals surface area contributed by atoms with Gasteiger partial charge >= 0.3 is 0 Å². The topological polar surface area (TPSA) is 80.3 Å². The van der Waals surface area contributed by atoms with Gasteiger partial charge < -0.3 is 4.74 Å². The van der Waals surface area contributed by atoms with E-state index in [-0.39, 0.29) is 12.4 Å². The molecular formula is C8H12BrN3O3S. The van der Waals surface area contributed by atoms with Gasteiger partial charge in [-0.05, 0) is 28.1 Å². The number of aromatic nitrogens is 1. The molecule has 0 fully saturated rings. The highest BCUT2D eigenvalue weighted by atomic mass is 79.9. The Morgan fingerprint density at radius 1 is 1.50 bits per heavy atom. The minimum Gasteiger partial charge on any atom is -0.383 e. The number of pyridine rings is 1. The molecule has 16 heavy (non-hydrogen) atoms. The molecule has 1 aromatic rings. The predicted octanol–water partition coefficient (Wildman–Crippen LogP) is 0.737. The predicted molar refractivity (Wildman–Crippen MR) is 64.4 cm³/mol. The second kappa shape index (κ2) is 6.14. The molecular weight excluding hydrogens is 298 g/mol. The first-order valence-electron chi connectivity index (χ1n) is 4.41. The van der Waals surface area contributed by atoms with Crippen LogP contribution in [0.25, 0.3) is 0 Å². The van der Waals surface area contributed by atoms with Gasteiger partial charge in [0.05, 0.1) is 6.61 Å². The van der Waals surface area contributed by atoms with Gasteiger partial charge in [-0.3, -0.25) is 4.72 Å². The first-order chi connectivity index (χ1) is 7.53. The molecule has 0 atom stereocenters. The van der Waals surface area contributed by atoms with E-state index in [1.54, 1.807) is 12.1 Å². The zero-order valence-electron chi connectivity index (χ0n) is 8.60. The molecule has 2 N–H and O–H groups in total. The third-order valence-corrected chi connectivity index (χ3v) is 3.10. The summed E-state index contributed by atoms with van der Waals surface area (Å²) in [4.78, 5) is 3.88. The summed E-state index contributed by atoms with van der Waals surface area (Å²) in [6.45, 7) is 0.525. The van der Waals surface area contributed by atoms with Crippen molar-refractivity contribution in [3.05, 3.63) is 22.8 Å². The lowest BCUT2D eigenvalue weighted by atomic mass is 10.5. The summed E-state index contributed by atoms with van der Waals surface area (Å²) in [6.07, 6.45) is 1.51. The van der Waals surface area contributed by atoms with Gasteiger partial charge in [0, 0.05) is 24.3 Å². The van der Waals surface area contributed by atoms with E-state index >= 15 is 0 Å². The Morgan fingerprint density at radius 3 is 2.81 bits per heavy atom. The molecule has 0 aliphatic rings. The molecule has 0 aliphatic carbocycles. The Morgan fingerprint density at radius 2 is 2.25 bits per heavy atom. The fourth-order valence-electron chi connectivity index (χ4n) is 0.888. The van der Waals surface area contributed by atoms with Crippen LogP contribution in [-0.4, -0.2) is 33.7 Å². The average molecular weight is 310 g/mol. The molecule has 0 radical (unpaired) electrons. The molecule has 0 saturated carbocycles. The van der Waals surface area contributed by atoms with Crippen LogP contribution in [0.5, 0.6) is 0 Å². The lowest BCUT2D eigenvalue weighted by Crippen LogP contribution is -2.32.